The first kappa shape index (κ1) is 19.3. The molecule has 1 aliphatic rings. The molecule has 3 heteroatoms. The highest BCUT2D eigenvalue weighted by molar-refractivity contribution is 5.96. The fraction of sp³-hybridized carbons (Fsp3) is 0.0333. The molecule has 0 amide bonds. The number of nitrogens with zero attached hydrogens (tertiary/aromatic N) is 1. The van der Waals surface area contributed by atoms with Crippen molar-refractivity contribution in [2.75, 3.05) is 0 Å². The molecule has 0 unspecified atom stereocenters. The van der Waals surface area contributed by atoms with Crippen LogP contribution in [-0.4, -0.2) is 4.98 Å². The fourth-order valence-corrected chi connectivity index (χ4v) is 4.44. The van der Waals surface area contributed by atoms with Crippen molar-refractivity contribution in [3.8, 4) is 17.4 Å². The fourth-order valence-electron chi connectivity index (χ4n) is 4.44. The maximum atomic E-state index is 6.96. The molecule has 33 heavy (non-hydrogen) atoms. The second kappa shape index (κ2) is 7.95. The van der Waals surface area contributed by atoms with Crippen molar-refractivity contribution in [1.82, 2.24) is 4.98 Å². The van der Waals surface area contributed by atoms with Gasteiger partial charge in [0.25, 0.3) is 0 Å². The monoisotopic (exact) mass is 427 g/mol. The van der Waals surface area contributed by atoms with Gasteiger partial charge in [-0.3, -0.25) is 0 Å². The zero-order valence-electron chi connectivity index (χ0n) is 17.9. The van der Waals surface area contributed by atoms with Gasteiger partial charge in [-0.25, -0.2) is 4.98 Å². The summed E-state index contributed by atoms with van der Waals surface area (Å²) < 4.78 is 13.2. The minimum atomic E-state index is -0.778. The molecule has 3 nitrogen and oxygen atoms in total. The topological polar surface area (TPSA) is 31.4 Å². The van der Waals surface area contributed by atoms with E-state index in [0.29, 0.717) is 17.4 Å². The smallest absolute Gasteiger partial charge is 0.219 e. The van der Waals surface area contributed by atoms with E-state index in [9.17, 15) is 0 Å². The molecule has 1 aliphatic heterocycles. The summed E-state index contributed by atoms with van der Waals surface area (Å²) in [5.41, 5.74) is 2.33. The van der Waals surface area contributed by atoms with Gasteiger partial charge >= 0.3 is 0 Å². The zero-order valence-corrected chi connectivity index (χ0v) is 17.9. The lowest BCUT2D eigenvalue weighted by Gasteiger charge is -2.37. The van der Waals surface area contributed by atoms with E-state index in [0.717, 1.165) is 27.5 Å². The van der Waals surface area contributed by atoms with Gasteiger partial charge in [0.15, 0.2) is 17.1 Å². The van der Waals surface area contributed by atoms with Crippen LogP contribution in [0.15, 0.2) is 121 Å². The largest absolute Gasteiger partial charge is 0.469 e. The number of rotatable bonds is 4. The van der Waals surface area contributed by atoms with Crippen molar-refractivity contribution in [2.45, 2.75) is 5.60 Å². The zero-order chi connectivity index (χ0) is 22.1. The van der Waals surface area contributed by atoms with Crippen molar-refractivity contribution < 1.29 is 9.47 Å². The summed E-state index contributed by atoms with van der Waals surface area (Å²) in [7, 11) is 0. The van der Waals surface area contributed by atoms with Crippen LogP contribution >= 0.6 is 0 Å². The molecule has 1 aromatic heterocycles. The number of benzene rings is 4. The summed E-state index contributed by atoms with van der Waals surface area (Å²) in [4.78, 5) is 4.36. The van der Waals surface area contributed by atoms with E-state index in [4.69, 9.17) is 9.47 Å². The third kappa shape index (κ3) is 3.35. The van der Waals surface area contributed by atoms with Crippen molar-refractivity contribution >= 4 is 16.8 Å². The summed E-state index contributed by atoms with van der Waals surface area (Å²) in [6.07, 6.45) is 6.03. The van der Waals surface area contributed by atoms with Crippen molar-refractivity contribution in [3.05, 3.63) is 138 Å². The molecule has 0 radical (unpaired) electrons. The molecule has 0 aliphatic carbocycles. The Morgan fingerprint density at radius 2 is 1.36 bits per heavy atom. The average Bonchev–Trinajstić information content (AvgIpc) is 2.90. The Hall–Kier alpha value is -4.37. The number of fused-ring (bicyclic) bond motifs is 3. The van der Waals surface area contributed by atoms with E-state index < -0.39 is 5.60 Å². The third-order valence-electron chi connectivity index (χ3n) is 6.01. The third-order valence-corrected chi connectivity index (χ3v) is 6.01. The summed E-state index contributed by atoms with van der Waals surface area (Å²) in [6, 6.07) is 36.5. The van der Waals surface area contributed by atoms with Crippen LogP contribution in [-0.2, 0) is 5.60 Å². The molecular weight excluding hydrogens is 406 g/mol. The number of hydrogen-bond donors (Lipinski definition) is 0. The molecule has 0 bridgehead atoms. The van der Waals surface area contributed by atoms with E-state index in [2.05, 4.69) is 53.5 Å². The van der Waals surface area contributed by atoms with Crippen LogP contribution in [0.4, 0.5) is 0 Å². The lowest BCUT2D eigenvalue weighted by molar-refractivity contribution is 0.156. The number of ether oxygens (including phenoxy) is 2. The molecule has 0 spiro atoms. The molecule has 6 rings (SSSR count). The Kier molecular flexibility index (Phi) is 4.66. The van der Waals surface area contributed by atoms with Crippen molar-refractivity contribution in [1.29, 1.82) is 0 Å². The van der Waals surface area contributed by atoms with Crippen molar-refractivity contribution in [2.24, 2.45) is 0 Å². The van der Waals surface area contributed by atoms with Crippen LogP contribution in [0.25, 0.3) is 16.8 Å². The highest BCUT2D eigenvalue weighted by atomic mass is 16.5. The summed E-state index contributed by atoms with van der Waals surface area (Å²) in [5.74, 6) is 1.87. The van der Waals surface area contributed by atoms with Gasteiger partial charge in [-0.05, 0) is 35.1 Å². The van der Waals surface area contributed by atoms with Gasteiger partial charge in [0, 0.05) is 29.0 Å². The Morgan fingerprint density at radius 3 is 2.06 bits per heavy atom. The van der Waals surface area contributed by atoms with E-state index in [1.807, 2.05) is 72.8 Å². The first-order valence-corrected chi connectivity index (χ1v) is 11.0. The van der Waals surface area contributed by atoms with E-state index >= 15 is 0 Å². The summed E-state index contributed by atoms with van der Waals surface area (Å²) in [5, 5.41) is 2.20. The predicted molar refractivity (Wildman–Crippen MR) is 132 cm³/mol. The van der Waals surface area contributed by atoms with Gasteiger partial charge in [0.1, 0.15) is 0 Å². The van der Waals surface area contributed by atoms with Gasteiger partial charge in [-0.2, -0.15) is 0 Å². The van der Waals surface area contributed by atoms with Gasteiger partial charge in [-0.1, -0.05) is 91.0 Å². The average molecular weight is 428 g/mol. The van der Waals surface area contributed by atoms with Gasteiger partial charge in [-0.15, -0.1) is 0 Å². The minimum Gasteiger partial charge on any atom is -0.469 e. The molecule has 0 N–H and O–H groups in total. The highest BCUT2D eigenvalue weighted by Crippen LogP contribution is 2.49. The van der Waals surface area contributed by atoms with E-state index in [-0.39, 0.29) is 0 Å². The molecule has 4 aromatic carbocycles. The van der Waals surface area contributed by atoms with Gasteiger partial charge < -0.3 is 9.47 Å². The maximum Gasteiger partial charge on any atom is 0.219 e. The molecular formula is C30H21NO2. The first-order chi connectivity index (χ1) is 16.3. The lowest BCUT2D eigenvalue weighted by Crippen LogP contribution is -2.34. The number of aromatic nitrogens is 1. The highest BCUT2D eigenvalue weighted by Gasteiger charge is 2.38. The molecule has 2 heterocycles. The molecule has 158 valence electrons. The van der Waals surface area contributed by atoms with Crippen LogP contribution in [0.2, 0.25) is 0 Å². The van der Waals surface area contributed by atoms with Crippen LogP contribution in [0.1, 0.15) is 16.7 Å². The minimum absolute atomic E-state index is 0.526. The predicted octanol–water partition coefficient (Wildman–Crippen LogP) is 7.38. The quantitative estimate of drug-likeness (QED) is 0.300. The lowest BCUT2D eigenvalue weighted by atomic mass is 9.83. The van der Waals surface area contributed by atoms with Crippen LogP contribution < -0.4 is 9.47 Å². The molecule has 0 saturated carbocycles. The van der Waals surface area contributed by atoms with Gasteiger partial charge in [0.2, 0.25) is 5.88 Å². The van der Waals surface area contributed by atoms with E-state index in [1.165, 1.54) is 0 Å². The summed E-state index contributed by atoms with van der Waals surface area (Å²) >= 11 is 0. The van der Waals surface area contributed by atoms with Crippen LogP contribution in [0.5, 0.6) is 17.4 Å². The van der Waals surface area contributed by atoms with Gasteiger partial charge in [0.05, 0.1) is 0 Å². The second-order valence-corrected chi connectivity index (χ2v) is 8.01. The Bertz CT molecular complexity index is 1410. The Morgan fingerprint density at radius 1 is 0.697 bits per heavy atom. The SMILES string of the molecule is C1=CC(c2ccccc2)(c2ccccc2)Oc2c(Oc3ccccn3)cc3ccccc3c21. The van der Waals surface area contributed by atoms with Crippen molar-refractivity contribution in [3.63, 3.8) is 0 Å². The summed E-state index contributed by atoms with van der Waals surface area (Å²) in [6.45, 7) is 0. The maximum absolute atomic E-state index is 6.96. The molecule has 5 aromatic rings. The Balaban J connectivity index is 1.59. The second-order valence-electron chi connectivity index (χ2n) is 8.01. The number of pyridine rings is 1. The molecule has 0 fully saturated rings. The van der Waals surface area contributed by atoms with Crippen LogP contribution in [0.3, 0.4) is 0 Å². The standard InChI is InChI=1S/C30H21NO2/c1-3-12-23(13-4-1)30(24-14-5-2-6-15-24)19-18-26-25-16-8-7-11-22(25)21-27(29(26)33-30)32-28-17-9-10-20-31-28/h1-21H. The first-order valence-electron chi connectivity index (χ1n) is 11.0. The number of hydrogen-bond acceptors (Lipinski definition) is 3. The normalized spacial score (nSPS) is 13.8. The molecule has 0 saturated heterocycles. The Labute approximate surface area is 192 Å². The molecule has 0 atom stereocenters. The van der Waals surface area contributed by atoms with E-state index in [1.54, 1.807) is 6.20 Å². The van der Waals surface area contributed by atoms with Crippen LogP contribution in [0, 0.1) is 0 Å².